The van der Waals surface area contributed by atoms with E-state index in [9.17, 15) is 0 Å². The molecule has 1 atom stereocenters. The molecule has 0 amide bonds. The molecular formula is C33H33NO. The van der Waals surface area contributed by atoms with Gasteiger partial charge < -0.3 is 4.42 Å². The van der Waals surface area contributed by atoms with E-state index in [4.69, 9.17) is 9.40 Å². The second-order valence-corrected chi connectivity index (χ2v) is 10.5. The van der Waals surface area contributed by atoms with Crippen LogP contribution < -0.4 is 0 Å². The normalized spacial score (nSPS) is 15.6. The first-order valence-electron chi connectivity index (χ1n) is 13.1. The van der Waals surface area contributed by atoms with Gasteiger partial charge in [0, 0.05) is 22.5 Å². The van der Waals surface area contributed by atoms with Gasteiger partial charge in [0.15, 0.2) is 0 Å². The zero-order valence-corrected chi connectivity index (χ0v) is 21.0. The maximum absolute atomic E-state index is 6.40. The fourth-order valence-corrected chi connectivity index (χ4v) is 6.16. The summed E-state index contributed by atoms with van der Waals surface area (Å²) in [5.41, 5.74) is 10.5. The standard InChI is InChI=1S/C33H33NO/c1-21-8-7-9-22(2)33(21)27-13-15-29-28-14-12-26(19-31(28)35-32(29)20-27)30-18-25(16-17-34-30)23(3)24-10-5-4-6-11-24/h7-9,12-20,23-24H,4-6,10-11H2,1-3H3. The smallest absolute Gasteiger partial charge is 0.136 e. The Bertz CT molecular complexity index is 1500. The molecule has 5 aromatic rings. The molecule has 35 heavy (non-hydrogen) atoms. The largest absolute Gasteiger partial charge is 0.456 e. The molecule has 6 rings (SSSR count). The van der Waals surface area contributed by atoms with Crippen LogP contribution in [0.1, 0.15) is 61.6 Å². The Morgan fingerprint density at radius 1 is 0.771 bits per heavy atom. The lowest BCUT2D eigenvalue weighted by atomic mass is 9.78. The van der Waals surface area contributed by atoms with Gasteiger partial charge in [0.05, 0.1) is 5.69 Å². The molecule has 1 fully saturated rings. The molecule has 0 spiro atoms. The molecule has 0 saturated heterocycles. The van der Waals surface area contributed by atoms with Crippen molar-refractivity contribution in [1.29, 1.82) is 0 Å². The number of hydrogen-bond acceptors (Lipinski definition) is 2. The minimum Gasteiger partial charge on any atom is -0.456 e. The molecule has 0 aliphatic heterocycles. The van der Waals surface area contributed by atoms with Crippen LogP contribution in [0.3, 0.4) is 0 Å². The molecule has 2 nitrogen and oxygen atoms in total. The topological polar surface area (TPSA) is 26.0 Å². The van der Waals surface area contributed by atoms with Gasteiger partial charge in [-0.1, -0.05) is 56.5 Å². The first-order chi connectivity index (χ1) is 17.1. The molecule has 0 radical (unpaired) electrons. The van der Waals surface area contributed by atoms with Crippen LogP contribution in [0, 0.1) is 19.8 Å². The predicted octanol–water partition coefficient (Wildman–Crippen LogP) is 9.62. The Morgan fingerprint density at radius 3 is 2.14 bits per heavy atom. The Labute approximate surface area is 208 Å². The van der Waals surface area contributed by atoms with E-state index in [2.05, 4.69) is 87.5 Å². The van der Waals surface area contributed by atoms with Gasteiger partial charge in [0.25, 0.3) is 0 Å². The van der Waals surface area contributed by atoms with Crippen LogP contribution in [0.5, 0.6) is 0 Å². The van der Waals surface area contributed by atoms with Crippen LogP contribution in [-0.2, 0) is 0 Å². The van der Waals surface area contributed by atoms with Crippen LogP contribution in [0.2, 0.25) is 0 Å². The maximum atomic E-state index is 6.40. The van der Waals surface area contributed by atoms with Gasteiger partial charge in [-0.2, -0.15) is 0 Å². The first-order valence-corrected chi connectivity index (χ1v) is 13.1. The lowest BCUT2D eigenvalue weighted by Gasteiger charge is -2.28. The van der Waals surface area contributed by atoms with Crippen molar-refractivity contribution < 1.29 is 4.42 Å². The van der Waals surface area contributed by atoms with Crippen molar-refractivity contribution in [3.05, 3.63) is 89.6 Å². The van der Waals surface area contributed by atoms with Gasteiger partial charge in [-0.15, -0.1) is 0 Å². The number of fused-ring (bicyclic) bond motifs is 3. The van der Waals surface area contributed by atoms with E-state index in [1.165, 1.54) is 59.9 Å². The Morgan fingerprint density at radius 2 is 1.43 bits per heavy atom. The van der Waals surface area contributed by atoms with Crippen LogP contribution in [0.4, 0.5) is 0 Å². The number of aryl methyl sites for hydroxylation is 2. The van der Waals surface area contributed by atoms with Gasteiger partial charge in [-0.3, -0.25) is 4.98 Å². The molecule has 176 valence electrons. The second kappa shape index (κ2) is 9.00. The van der Waals surface area contributed by atoms with Crippen molar-refractivity contribution in [2.45, 2.75) is 58.8 Å². The summed E-state index contributed by atoms with van der Waals surface area (Å²) < 4.78 is 6.40. The molecule has 3 aromatic carbocycles. The number of benzene rings is 3. The van der Waals surface area contributed by atoms with Crippen LogP contribution in [-0.4, -0.2) is 4.98 Å². The number of furan rings is 1. The van der Waals surface area contributed by atoms with Gasteiger partial charge >= 0.3 is 0 Å². The van der Waals surface area contributed by atoms with E-state index in [0.29, 0.717) is 5.92 Å². The highest BCUT2D eigenvalue weighted by atomic mass is 16.3. The van der Waals surface area contributed by atoms with E-state index >= 15 is 0 Å². The zero-order chi connectivity index (χ0) is 23.9. The third-order valence-electron chi connectivity index (χ3n) is 8.21. The Balaban J connectivity index is 1.37. The van der Waals surface area contributed by atoms with E-state index in [1.807, 2.05) is 6.20 Å². The summed E-state index contributed by atoms with van der Waals surface area (Å²) in [7, 11) is 0. The van der Waals surface area contributed by atoms with Crippen molar-refractivity contribution >= 4 is 21.9 Å². The van der Waals surface area contributed by atoms with Gasteiger partial charge in [-0.05, 0) is 103 Å². The van der Waals surface area contributed by atoms with Gasteiger partial charge in [0.2, 0.25) is 0 Å². The number of nitrogens with zero attached hydrogens (tertiary/aromatic N) is 1. The van der Waals surface area contributed by atoms with Crippen molar-refractivity contribution in [2.75, 3.05) is 0 Å². The zero-order valence-electron chi connectivity index (χ0n) is 21.0. The second-order valence-electron chi connectivity index (χ2n) is 10.5. The lowest BCUT2D eigenvalue weighted by molar-refractivity contribution is 0.316. The average Bonchev–Trinajstić information content (AvgIpc) is 3.26. The molecule has 1 saturated carbocycles. The molecule has 0 N–H and O–H groups in total. The summed E-state index contributed by atoms with van der Waals surface area (Å²) in [6.07, 6.45) is 8.83. The minimum atomic E-state index is 0.579. The number of pyridine rings is 1. The first kappa shape index (κ1) is 22.1. The third kappa shape index (κ3) is 4.05. The van der Waals surface area contributed by atoms with Crippen molar-refractivity contribution in [3.63, 3.8) is 0 Å². The number of rotatable bonds is 4. The van der Waals surface area contributed by atoms with Crippen molar-refractivity contribution in [1.82, 2.24) is 4.98 Å². The summed E-state index contributed by atoms with van der Waals surface area (Å²) >= 11 is 0. The molecular weight excluding hydrogens is 426 g/mol. The molecule has 2 heterocycles. The molecule has 2 heteroatoms. The van der Waals surface area contributed by atoms with E-state index in [-0.39, 0.29) is 0 Å². The summed E-state index contributed by atoms with van der Waals surface area (Å²) in [5, 5.41) is 2.32. The summed E-state index contributed by atoms with van der Waals surface area (Å²) in [5.74, 6) is 1.37. The number of aromatic nitrogens is 1. The van der Waals surface area contributed by atoms with Crippen molar-refractivity contribution in [3.8, 4) is 22.4 Å². The number of hydrogen-bond donors (Lipinski definition) is 0. The average molecular weight is 460 g/mol. The predicted molar refractivity (Wildman–Crippen MR) is 147 cm³/mol. The fourth-order valence-electron chi connectivity index (χ4n) is 6.16. The quantitative estimate of drug-likeness (QED) is 0.267. The minimum absolute atomic E-state index is 0.579. The summed E-state index contributed by atoms with van der Waals surface area (Å²) in [6.45, 7) is 6.74. The fraction of sp³-hybridized carbons (Fsp3) is 0.303. The SMILES string of the molecule is Cc1cccc(C)c1-c1ccc2c(c1)oc1cc(-c3cc(C(C)C4CCCCC4)ccn3)ccc12. The van der Waals surface area contributed by atoms with E-state index < -0.39 is 0 Å². The highest BCUT2D eigenvalue weighted by Crippen LogP contribution is 2.38. The monoisotopic (exact) mass is 459 g/mol. The summed E-state index contributed by atoms with van der Waals surface area (Å²) in [6, 6.07) is 24.1. The van der Waals surface area contributed by atoms with Gasteiger partial charge in [0.1, 0.15) is 11.2 Å². The van der Waals surface area contributed by atoms with Crippen LogP contribution >= 0.6 is 0 Å². The van der Waals surface area contributed by atoms with E-state index in [1.54, 1.807) is 0 Å². The Kier molecular flexibility index (Phi) is 5.68. The van der Waals surface area contributed by atoms with Crippen LogP contribution in [0.15, 0.2) is 77.3 Å². The van der Waals surface area contributed by atoms with Crippen molar-refractivity contribution in [2.24, 2.45) is 5.92 Å². The van der Waals surface area contributed by atoms with E-state index in [0.717, 1.165) is 39.1 Å². The molecule has 0 bridgehead atoms. The summed E-state index contributed by atoms with van der Waals surface area (Å²) in [4.78, 5) is 4.73. The molecule has 1 aliphatic carbocycles. The highest BCUT2D eigenvalue weighted by molar-refractivity contribution is 6.07. The maximum Gasteiger partial charge on any atom is 0.136 e. The van der Waals surface area contributed by atoms with Crippen LogP contribution in [0.25, 0.3) is 44.3 Å². The van der Waals surface area contributed by atoms with Gasteiger partial charge in [-0.25, -0.2) is 0 Å². The highest BCUT2D eigenvalue weighted by Gasteiger charge is 2.22. The third-order valence-corrected chi connectivity index (χ3v) is 8.21. The Hall–Kier alpha value is -3.39. The molecule has 1 aliphatic rings. The molecule has 2 aromatic heterocycles. The lowest BCUT2D eigenvalue weighted by Crippen LogP contribution is -2.14. The molecule has 1 unspecified atom stereocenters.